The molecule has 0 saturated carbocycles. The average Bonchev–Trinajstić information content (AvgIpc) is 2.28. The van der Waals surface area contributed by atoms with Crippen molar-refractivity contribution in [2.45, 2.75) is 12.5 Å². The van der Waals surface area contributed by atoms with Crippen molar-refractivity contribution >= 4 is 15.8 Å². The maximum atomic E-state index is 10.9. The van der Waals surface area contributed by atoms with Crippen molar-refractivity contribution in [1.82, 2.24) is 0 Å². The molecular formula is C6H11NO4S. The van der Waals surface area contributed by atoms with Gasteiger partial charge >= 0.3 is 5.97 Å². The molecule has 0 aliphatic carbocycles. The molecule has 0 aromatic carbocycles. The van der Waals surface area contributed by atoms with Gasteiger partial charge in [-0.2, -0.15) is 0 Å². The standard InChI is InChI=1S/C6H11NO4S/c7-5(6(8)9)4-1-2-12(10,11)3-4/h4-5H,1-3,7H2,(H,8,9)/t4-,5-/m0/s1. The van der Waals surface area contributed by atoms with Crippen molar-refractivity contribution in [3.8, 4) is 0 Å². The Hall–Kier alpha value is -0.620. The van der Waals surface area contributed by atoms with Crippen LogP contribution in [-0.4, -0.2) is 37.0 Å². The Morgan fingerprint density at radius 1 is 1.58 bits per heavy atom. The van der Waals surface area contributed by atoms with Crippen LogP contribution in [0.3, 0.4) is 0 Å². The van der Waals surface area contributed by atoms with Crippen molar-refractivity contribution in [1.29, 1.82) is 0 Å². The highest BCUT2D eigenvalue weighted by atomic mass is 32.2. The maximum absolute atomic E-state index is 10.9. The van der Waals surface area contributed by atoms with E-state index in [0.29, 0.717) is 6.42 Å². The molecule has 5 nitrogen and oxygen atoms in total. The molecule has 1 rings (SSSR count). The van der Waals surface area contributed by atoms with Crippen LogP contribution in [0.1, 0.15) is 6.42 Å². The van der Waals surface area contributed by atoms with Gasteiger partial charge in [0, 0.05) is 0 Å². The summed E-state index contributed by atoms with van der Waals surface area (Å²) < 4.78 is 21.8. The Kier molecular flexibility index (Phi) is 2.39. The highest BCUT2D eigenvalue weighted by molar-refractivity contribution is 7.91. The van der Waals surface area contributed by atoms with Crippen LogP contribution in [0.4, 0.5) is 0 Å². The molecule has 12 heavy (non-hydrogen) atoms. The van der Waals surface area contributed by atoms with E-state index in [1.165, 1.54) is 0 Å². The van der Waals surface area contributed by atoms with E-state index >= 15 is 0 Å². The Balaban J connectivity index is 2.64. The van der Waals surface area contributed by atoms with Gasteiger partial charge in [0.1, 0.15) is 6.04 Å². The van der Waals surface area contributed by atoms with Crippen LogP contribution in [0.25, 0.3) is 0 Å². The molecule has 1 saturated heterocycles. The summed E-state index contributed by atoms with van der Waals surface area (Å²) in [6.45, 7) is 0. The lowest BCUT2D eigenvalue weighted by Crippen LogP contribution is -2.38. The number of hydrogen-bond donors (Lipinski definition) is 2. The Labute approximate surface area is 70.5 Å². The topological polar surface area (TPSA) is 97.5 Å². The van der Waals surface area contributed by atoms with E-state index in [1.807, 2.05) is 0 Å². The molecule has 1 aliphatic rings. The quantitative estimate of drug-likeness (QED) is 0.576. The minimum atomic E-state index is -3.02. The van der Waals surface area contributed by atoms with Gasteiger partial charge < -0.3 is 10.8 Å². The van der Waals surface area contributed by atoms with Crippen molar-refractivity contribution < 1.29 is 18.3 Å². The van der Waals surface area contributed by atoms with Gasteiger partial charge in [-0.25, -0.2) is 8.42 Å². The molecular weight excluding hydrogens is 182 g/mol. The monoisotopic (exact) mass is 193 g/mol. The molecule has 0 unspecified atom stereocenters. The number of carbonyl (C=O) groups is 1. The smallest absolute Gasteiger partial charge is 0.320 e. The number of carboxylic acid groups (broad SMARTS) is 1. The van der Waals surface area contributed by atoms with Gasteiger partial charge in [-0.15, -0.1) is 0 Å². The molecule has 0 bridgehead atoms. The molecule has 0 aromatic rings. The van der Waals surface area contributed by atoms with E-state index < -0.39 is 27.8 Å². The minimum Gasteiger partial charge on any atom is -0.480 e. The number of nitrogens with two attached hydrogens (primary N) is 1. The number of rotatable bonds is 2. The summed E-state index contributed by atoms with van der Waals surface area (Å²) in [5, 5.41) is 8.49. The van der Waals surface area contributed by atoms with E-state index in [9.17, 15) is 13.2 Å². The predicted molar refractivity (Wildman–Crippen MR) is 42.4 cm³/mol. The summed E-state index contributed by atoms with van der Waals surface area (Å²) in [5.41, 5.74) is 5.28. The zero-order valence-corrected chi connectivity index (χ0v) is 7.25. The molecule has 1 fully saturated rings. The summed E-state index contributed by atoms with van der Waals surface area (Å²) in [7, 11) is -3.02. The molecule has 0 aromatic heterocycles. The summed E-state index contributed by atoms with van der Waals surface area (Å²) in [6, 6.07) is -1.04. The zero-order chi connectivity index (χ0) is 9.35. The number of aliphatic carboxylic acids is 1. The van der Waals surface area contributed by atoms with Crippen LogP contribution in [0.15, 0.2) is 0 Å². The Morgan fingerprint density at radius 2 is 2.17 bits per heavy atom. The van der Waals surface area contributed by atoms with Crippen LogP contribution in [0.5, 0.6) is 0 Å². The van der Waals surface area contributed by atoms with Crippen LogP contribution in [-0.2, 0) is 14.6 Å². The average molecular weight is 193 g/mol. The fraction of sp³-hybridized carbons (Fsp3) is 0.833. The van der Waals surface area contributed by atoms with E-state index in [-0.39, 0.29) is 11.5 Å². The van der Waals surface area contributed by atoms with Crippen molar-refractivity contribution in [2.75, 3.05) is 11.5 Å². The number of carboxylic acids is 1. The summed E-state index contributed by atoms with van der Waals surface area (Å²) in [6.07, 6.45) is 0.371. The summed E-state index contributed by atoms with van der Waals surface area (Å²) in [4.78, 5) is 10.4. The van der Waals surface area contributed by atoms with Gasteiger partial charge in [-0.1, -0.05) is 0 Å². The molecule has 0 amide bonds. The highest BCUT2D eigenvalue weighted by Gasteiger charge is 2.34. The molecule has 70 valence electrons. The Morgan fingerprint density at radius 3 is 2.50 bits per heavy atom. The van der Waals surface area contributed by atoms with Crippen molar-refractivity contribution in [3.05, 3.63) is 0 Å². The van der Waals surface area contributed by atoms with Crippen LogP contribution in [0, 0.1) is 5.92 Å². The second-order valence-corrected chi connectivity index (χ2v) is 5.26. The first-order valence-electron chi connectivity index (χ1n) is 3.61. The first-order valence-corrected chi connectivity index (χ1v) is 5.43. The SMILES string of the molecule is N[C@H](C(=O)O)[C@H]1CCS(=O)(=O)C1. The van der Waals surface area contributed by atoms with Gasteiger partial charge in [-0.05, 0) is 12.3 Å². The van der Waals surface area contributed by atoms with E-state index in [0.717, 1.165) is 0 Å². The number of hydrogen-bond acceptors (Lipinski definition) is 4. The van der Waals surface area contributed by atoms with Crippen LogP contribution in [0.2, 0.25) is 0 Å². The third-order valence-electron chi connectivity index (χ3n) is 2.06. The normalized spacial score (nSPS) is 29.9. The van der Waals surface area contributed by atoms with E-state index in [1.54, 1.807) is 0 Å². The molecule has 2 atom stereocenters. The third-order valence-corrected chi connectivity index (χ3v) is 3.85. The lowest BCUT2D eigenvalue weighted by molar-refractivity contribution is -0.139. The second-order valence-electron chi connectivity index (χ2n) is 3.03. The fourth-order valence-electron chi connectivity index (χ4n) is 1.31. The van der Waals surface area contributed by atoms with Gasteiger partial charge in [-0.3, -0.25) is 4.79 Å². The van der Waals surface area contributed by atoms with Crippen molar-refractivity contribution in [3.63, 3.8) is 0 Å². The molecule has 1 heterocycles. The lowest BCUT2D eigenvalue weighted by Gasteiger charge is -2.11. The molecule has 3 N–H and O–H groups in total. The third kappa shape index (κ3) is 1.95. The summed E-state index contributed by atoms with van der Waals surface area (Å²) in [5.74, 6) is -1.55. The second kappa shape index (κ2) is 3.02. The molecule has 1 aliphatic heterocycles. The maximum Gasteiger partial charge on any atom is 0.320 e. The molecule has 0 radical (unpaired) electrons. The van der Waals surface area contributed by atoms with Gasteiger partial charge in [0.2, 0.25) is 0 Å². The molecule has 0 spiro atoms. The van der Waals surface area contributed by atoms with Crippen molar-refractivity contribution in [2.24, 2.45) is 11.7 Å². The Bertz CT molecular complexity index is 284. The van der Waals surface area contributed by atoms with E-state index in [2.05, 4.69) is 0 Å². The van der Waals surface area contributed by atoms with Gasteiger partial charge in [0.25, 0.3) is 0 Å². The zero-order valence-electron chi connectivity index (χ0n) is 6.43. The first kappa shape index (κ1) is 9.47. The van der Waals surface area contributed by atoms with E-state index in [4.69, 9.17) is 10.8 Å². The largest absolute Gasteiger partial charge is 0.480 e. The minimum absolute atomic E-state index is 0.0681. The fourth-order valence-corrected chi connectivity index (χ4v) is 3.16. The summed E-state index contributed by atoms with van der Waals surface area (Å²) >= 11 is 0. The van der Waals surface area contributed by atoms with Crippen LogP contribution >= 0.6 is 0 Å². The molecule has 6 heteroatoms. The first-order chi connectivity index (χ1) is 5.42. The van der Waals surface area contributed by atoms with Gasteiger partial charge in [0.05, 0.1) is 11.5 Å². The predicted octanol–water partition coefficient (Wildman–Crippen LogP) is -1.17. The van der Waals surface area contributed by atoms with Crippen LogP contribution < -0.4 is 5.73 Å². The number of sulfone groups is 1. The highest BCUT2D eigenvalue weighted by Crippen LogP contribution is 2.20. The lowest BCUT2D eigenvalue weighted by atomic mass is 10.0. The van der Waals surface area contributed by atoms with Gasteiger partial charge in [0.15, 0.2) is 9.84 Å².